The summed E-state index contributed by atoms with van der Waals surface area (Å²) in [4.78, 5) is 31.9. The molecule has 1 aliphatic heterocycles. The Balaban J connectivity index is 1.34. The van der Waals surface area contributed by atoms with Crippen LogP contribution in [0.4, 0.5) is 5.69 Å². The number of fused-ring (bicyclic) bond motifs is 2. The Hall–Kier alpha value is -3.97. The summed E-state index contributed by atoms with van der Waals surface area (Å²) in [5, 5.41) is 15.4. The molecule has 0 bridgehead atoms. The molecule has 0 aliphatic carbocycles. The Bertz CT molecular complexity index is 1510. The van der Waals surface area contributed by atoms with Crippen molar-refractivity contribution in [1.29, 1.82) is 5.26 Å². The van der Waals surface area contributed by atoms with Crippen molar-refractivity contribution in [2.75, 3.05) is 5.32 Å². The Morgan fingerprint density at radius 3 is 2.71 bits per heavy atom. The van der Waals surface area contributed by atoms with Gasteiger partial charge in [0.05, 0.1) is 29.4 Å². The first-order chi connectivity index (χ1) is 16.9. The van der Waals surface area contributed by atoms with Gasteiger partial charge in [0, 0.05) is 33.4 Å². The highest BCUT2D eigenvalue weighted by Crippen LogP contribution is 2.35. The van der Waals surface area contributed by atoms with E-state index in [1.165, 1.54) is 11.3 Å². The van der Waals surface area contributed by atoms with Crippen LogP contribution in [0.15, 0.2) is 76.7 Å². The molecule has 3 aromatic carbocycles. The summed E-state index contributed by atoms with van der Waals surface area (Å²) in [7, 11) is 0. The lowest BCUT2D eigenvalue weighted by Crippen LogP contribution is -2.23. The first kappa shape index (κ1) is 22.8. The summed E-state index contributed by atoms with van der Waals surface area (Å²) in [6.45, 7) is 2.06. The van der Waals surface area contributed by atoms with Crippen LogP contribution < -0.4 is 10.6 Å². The van der Waals surface area contributed by atoms with Crippen LogP contribution in [0.3, 0.4) is 0 Å². The molecule has 172 valence electrons. The maximum atomic E-state index is 13.2. The van der Waals surface area contributed by atoms with Crippen LogP contribution >= 0.6 is 11.3 Å². The topological polar surface area (TPSA) is 118 Å². The Labute approximate surface area is 208 Å². The lowest BCUT2D eigenvalue weighted by atomic mass is 10.1. The second kappa shape index (κ2) is 9.35. The van der Waals surface area contributed by atoms with E-state index in [9.17, 15) is 14.1 Å². The summed E-state index contributed by atoms with van der Waals surface area (Å²) in [5.41, 5.74) is 3.25. The highest BCUT2D eigenvalue weighted by atomic mass is 32.2. The van der Waals surface area contributed by atoms with E-state index >= 15 is 0 Å². The fraction of sp³-hybridized carbons (Fsp3) is 0.0769. The number of aromatic nitrogens is 1. The van der Waals surface area contributed by atoms with Crippen molar-refractivity contribution >= 4 is 40.0 Å². The number of hydrogen-bond donors (Lipinski definition) is 2. The van der Waals surface area contributed by atoms with Gasteiger partial charge >= 0.3 is 0 Å². The molecule has 0 fully saturated rings. The average Bonchev–Trinajstić information content (AvgIpc) is 3.33. The number of carbonyl (C=O) groups excluding carboxylic acids is 2. The molecule has 7 nitrogen and oxygen atoms in total. The fourth-order valence-electron chi connectivity index (χ4n) is 3.77. The highest BCUT2D eigenvalue weighted by Gasteiger charge is 2.31. The minimum Gasteiger partial charge on any atom is -0.606 e. The third kappa shape index (κ3) is 4.42. The van der Waals surface area contributed by atoms with Crippen molar-refractivity contribution in [3.8, 4) is 16.6 Å². The number of amides is 2. The Morgan fingerprint density at radius 2 is 1.94 bits per heavy atom. The van der Waals surface area contributed by atoms with Gasteiger partial charge in [-0.15, -0.1) is 11.3 Å². The quantitative estimate of drug-likeness (QED) is 0.397. The van der Waals surface area contributed by atoms with E-state index in [-0.39, 0.29) is 18.4 Å². The molecular formula is C26H18N4O3S2. The molecule has 1 atom stereocenters. The third-order valence-electron chi connectivity index (χ3n) is 5.59. The van der Waals surface area contributed by atoms with Crippen molar-refractivity contribution < 1.29 is 14.1 Å². The van der Waals surface area contributed by atoms with Gasteiger partial charge in [0.25, 0.3) is 11.8 Å². The van der Waals surface area contributed by atoms with Crippen molar-refractivity contribution in [1.82, 2.24) is 10.3 Å². The molecule has 1 unspecified atom stereocenters. The molecule has 2 N–H and O–H groups in total. The highest BCUT2D eigenvalue weighted by molar-refractivity contribution is 7.91. The predicted octanol–water partition coefficient (Wildman–Crippen LogP) is 4.65. The van der Waals surface area contributed by atoms with Crippen molar-refractivity contribution in [3.05, 3.63) is 94.0 Å². The van der Waals surface area contributed by atoms with E-state index < -0.39 is 11.2 Å². The van der Waals surface area contributed by atoms with E-state index in [2.05, 4.69) is 21.7 Å². The number of hydrogen-bond acceptors (Lipinski definition) is 6. The van der Waals surface area contributed by atoms with Gasteiger partial charge in [-0.1, -0.05) is 24.3 Å². The normalized spacial score (nSPS) is 14.2. The lowest BCUT2D eigenvalue weighted by molar-refractivity contribution is 0.0949. The van der Waals surface area contributed by atoms with Gasteiger partial charge in [0.15, 0.2) is 9.79 Å². The van der Waals surface area contributed by atoms with Gasteiger partial charge < -0.3 is 15.2 Å². The van der Waals surface area contributed by atoms with Crippen LogP contribution in [0.2, 0.25) is 0 Å². The van der Waals surface area contributed by atoms with Gasteiger partial charge in [0.1, 0.15) is 5.01 Å². The number of carbonyl (C=O) groups is 2. The van der Waals surface area contributed by atoms with Crippen molar-refractivity contribution in [2.24, 2.45) is 0 Å². The minimum absolute atomic E-state index is 0.285. The molecule has 9 heteroatoms. The molecule has 1 aromatic heterocycles. The number of benzene rings is 3. The molecule has 4 aromatic rings. The molecule has 35 heavy (non-hydrogen) atoms. The Kier molecular flexibility index (Phi) is 6.09. The maximum absolute atomic E-state index is 13.2. The van der Waals surface area contributed by atoms with Crippen LogP contribution in [0, 0.1) is 18.3 Å². The smallest absolute Gasteiger partial charge is 0.260 e. The first-order valence-corrected chi connectivity index (χ1v) is 12.6. The largest absolute Gasteiger partial charge is 0.606 e. The number of rotatable bonds is 4. The van der Waals surface area contributed by atoms with E-state index in [1.807, 2.05) is 12.1 Å². The van der Waals surface area contributed by atoms with E-state index in [4.69, 9.17) is 5.26 Å². The van der Waals surface area contributed by atoms with Gasteiger partial charge in [0.2, 0.25) is 0 Å². The van der Waals surface area contributed by atoms with Crippen LogP contribution in [-0.4, -0.2) is 21.4 Å². The zero-order valence-corrected chi connectivity index (χ0v) is 20.1. The summed E-state index contributed by atoms with van der Waals surface area (Å²) >= 11 is -0.0965. The number of thiazole rings is 1. The maximum Gasteiger partial charge on any atom is 0.260 e. The number of nitrogens with one attached hydrogen (secondary N) is 2. The molecule has 2 heterocycles. The Morgan fingerprint density at radius 1 is 1.17 bits per heavy atom. The standard InChI is InChI=1S/C26H18N4O3S2/c1-15-10-23-21(30-25(32)19-4-2-3-5-22(19)35(23)33)11-20(15)24(31)28-13-18-14-29-26(34-18)17-8-6-16(12-27)7-9-17/h2-11,14H,13H2,1H3,(H,28,31)(H,30,32). The fourth-order valence-corrected chi connectivity index (χ4v) is 6.02. The molecule has 1 aliphatic rings. The van der Waals surface area contributed by atoms with Crippen molar-refractivity contribution in [3.63, 3.8) is 0 Å². The van der Waals surface area contributed by atoms with E-state index in [1.54, 1.807) is 61.7 Å². The van der Waals surface area contributed by atoms with Gasteiger partial charge in [-0.25, -0.2) is 4.98 Å². The zero-order chi connectivity index (χ0) is 24.5. The lowest BCUT2D eigenvalue weighted by Gasteiger charge is -2.14. The van der Waals surface area contributed by atoms with Crippen LogP contribution in [0.1, 0.15) is 36.7 Å². The second-order valence-electron chi connectivity index (χ2n) is 7.89. The second-order valence-corrected chi connectivity index (χ2v) is 10.4. The SMILES string of the molecule is Cc1cc2c(cc1C(=O)NCc1cnc(-c3ccc(C#N)cc3)s1)NC(=O)c1ccccc1[S+]2[O-]. The molecule has 0 saturated carbocycles. The summed E-state index contributed by atoms with van der Waals surface area (Å²) in [5.74, 6) is -0.664. The molecule has 0 saturated heterocycles. The van der Waals surface area contributed by atoms with Crippen LogP contribution in [-0.2, 0) is 17.7 Å². The molecule has 0 spiro atoms. The van der Waals surface area contributed by atoms with E-state index in [0.29, 0.717) is 37.7 Å². The first-order valence-electron chi connectivity index (χ1n) is 10.6. The summed E-state index contributed by atoms with van der Waals surface area (Å²) in [6, 6.07) is 19.3. The van der Waals surface area contributed by atoms with Crippen LogP contribution in [0.5, 0.6) is 0 Å². The summed E-state index contributed by atoms with van der Waals surface area (Å²) in [6.07, 6.45) is 1.71. The molecule has 0 radical (unpaired) electrons. The monoisotopic (exact) mass is 498 g/mol. The molecule has 5 rings (SSSR count). The molecular weight excluding hydrogens is 480 g/mol. The van der Waals surface area contributed by atoms with Crippen LogP contribution in [0.25, 0.3) is 10.6 Å². The molecule has 2 amide bonds. The average molecular weight is 499 g/mol. The number of aryl methyl sites for hydroxylation is 1. The number of nitrogens with zero attached hydrogens (tertiary/aromatic N) is 2. The van der Waals surface area contributed by atoms with Gasteiger partial charge in [-0.05, 0) is 48.9 Å². The van der Waals surface area contributed by atoms with Crippen molar-refractivity contribution in [2.45, 2.75) is 23.3 Å². The number of nitriles is 1. The zero-order valence-electron chi connectivity index (χ0n) is 18.5. The third-order valence-corrected chi connectivity index (χ3v) is 8.13. The predicted molar refractivity (Wildman–Crippen MR) is 134 cm³/mol. The minimum atomic E-state index is -1.55. The summed E-state index contributed by atoms with van der Waals surface area (Å²) < 4.78 is 13.2. The van der Waals surface area contributed by atoms with Gasteiger partial charge in [-0.3, -0.25) is 9.59 Å². The number of anilines is 1. The van der Waals surface area contributed by atoms with Gasteiger partial charge in [-0.2, -0.15) is 5.26 Å². The van der Waals surface area contributed by atoms with E-state index in [0.717, 1.165) is 15.4 Å².